The number of aliphatic hydroxyl groups is 1. The Morgan fingerprint density at radius 2 is 2.12 bits per heavy atom. The van der Waals surface area contributed by atoms with Gasteiger partial charge in [0.1, 0.15) is 5.82 Å². The van der Waals surface area contributed by atoms with Crippen LogP contribution in [-0.2, 0) is 0 Å². The average molecular weight is 236 g/mol. The van der Waals surface area contributed by atoms with E-state index in [0.29, 0.717) is 17.7 Å². The zero-order chi connectivity index (χ0) is 13.0. The van der Waals surface area contributed by atoms with E-state index >= 15 is 0 Å². The van der Waals surface area contributed by atoms with Gasteiger partial charge in [-0.3, -0.25) is 0 Å². The maximum absolute atomic E-state index is 13.8. The summed E-state index contributed by atoms with van der Waals surface area (Å²) in [6, 6.07) is 6.67. The van der Waals surface area contributed by atoms with Gasteiger partial charge in [-0.05, 0) is 31.5 Å². The molecule has 0 radical (unpaired) electrons. The van der Waals surface area contributed by atoms with Crippen LogP contribution < -0.4 is 4.90 Å². The summed E-state index contributed by atoms with van der Waals surface area (Å²) in [5.74, 6) is -0.379. The van der Waals surface area contributed by atoms with Gasteiger partial charge in [0.15, 0.2) is 0 Å². The summed E-state index contributed by atoms with van der Waals surface area (Å²) in [6.45, 7) is 3.46. The summed E-state index contributed by atoms with van der Waals surface area (Å²) in [5, 5.41) is 18.0. The lowest BCUT2D eigenvalue weighted by molar-refractivity contribution is 0.199. The predicted octanol–water partition coefficient (Wildman–Crippen LogP) is 2.62. The molecule has 0 amide bonds. The number of halogens is 1. The van der Waals surface area contributed by atoms with E-state index in [1.54, 1.807) is 31.0 Å². The second-order valence-electron chi connectivity index (χ2n) is 4.21. The Bertz CT molecular complexity index is 426. The summed E-state index contributed by atoms with van der Waals surface area (Å²) in [5.41, 5.74) is 0.990. The van der Waals surface area contributed by atoms with Gasteiger partial charge in [-0.1, -0.05) is 6.07 Å². The smallest absolute Gasteiger partial charge is 0.146 e. The number of nitriles is 1. The lowest BCUT2D eigenvalue weighted by Crippen LogP contribution is -2.29. The van der Waals surface area contributed by atoms with Gasteiger partial charge in [0.05, 0.1) is 24.3 Å². The molecule has 0 fully saturated rings. The van der Waals surface area contributed by atoms with E-state index in [1.807, 2.05) is 6.92 Å². The second-order valence-corrected chi connectivity index (χ2v) is 4.21. The second kappa shape index (κ2) is 5.65. The van der Waals surface area contributed by atoms with Crippen molar-refractivity contribution in [2.45, 2.75) is 32.4 Å². The SMILES string of the molecule is CC(O)c1ccc(N(C)C(C)CC#N)c(F)c1. The molecule has 0 heterocycles. The molecule has 0 aliphatic heterocycles. The molecule has 0 saturated carbocycles. The van der Waals surface area contributed by atoms with Crippen molar-refractivity contribution in [3.63, 3.8) is 0 Å². The highest BCUT2D eigenvalue weighted by molar-refractivity contribution is 5.49. The maximum atomic E-state index is 13.8. The van der Waals surface area contributed by atoms with Crippen LogP contribution in [0.15, 0.2) is 18.2 Å². The number of aliphatic hydroxyl groups excluding tert-OH is 1. The standard InChI is InChI=1S/C13H17FN2O/c1-9(6-7-15)16(3)13-5-4-11(10(2)17)8-12(13)14/h4-5,8-10,17H,6H2,1-3H3. The van der Waals surface area contributed by atoms with E-state index in [1.165, 1.54) is 6.07 Å². The van der Waals surface area contributed by atoms with Crippen LogP contribution in [0.25, 0.3) is 0 Å². The molecule has 0 aromatic heterocycles. The number of hydrogen-bond donors (Lipinski definition) is 1. The van der Waals surface area contributed by atoms with Crippen molar-refractivity contribution in [2.75, 3.05) is 11.9 Å². The van der Waals surface area contributed by atoms with Crippen LogP contribution in [0, 0.1) is 17.1 Å². The molecule has 92 valence electrons. The maximum Gasteiger partial charge on any atom is 0.146 e. The molecule has 1 rings (SSSR count). The first kappa shape index (κ1) is 13.5. The molecule has 1 aromatic rings. The lowest BCUT2D eigenvalue weighted by Gasteiger charge is -2.26. The minimum Gasteiger partial charge on any atom is -0.389 e. The highest BCUT2D eigenvalue weighted by Gasteiger charge is 2.14. The Kier molecular flexibility index (Phi) is 4.47. The number of hydrogen-bond acceptors (Lipinski definition) is 3. The van der Waals surface area contributed by atoms with E-state index < -0.39 is 6.10 Å². The highest BCUT2D eigenvalue weighted by Crippen LogP contribution is 2.24. The first-order valence-electron chi connectivity index (χ1n) is 5.54. The van der Waals surface area contributed by atoms with Gasteiger partial charge in [-0.2, -0.15) is 5.26 Å². The minimum absolute atomic E-state index is 0.0492. The fraction of sp³-hybridized carbons (Fsp3) is 0.462. The fourth-order valence-corrected chi connectivity index (χ4v) is 1.58. The summed E-state index contributed by atoms with van der Waals surface area (Å²) < 4.78 is 13.8. The number of rotatable bonds is 4. The van der Waals surface area contributed by atoms with Gasteiger partial charge in [-0.15, -0.1) is 0 Å². The zero-order valence-electron chi connectivity index (χ0n) is 10.3. The first-order chi connectivity index (χ1) is 7.97. The highest BCUT2D eigenvalue weighted by atomic mass is 19.1. The largest absolute Gasteiger partial charge is 0.389 e. The Morgan fingerprint density at radius 1 is 1.47 bits per heavy atom. The lowest BCUT2D eigenvalue weighted by atomic mass is 10.1. The van der Waals surface area contributed by atoms with Crippen molar-refractivity contribution in [3.05, 3.63) is 29.6 Å². The third-order valence-corrected chi connectivity index (χ3v) is 2.88. The molecular formula is C13H17FN2O. The normalized spacial score (nSPS) is 13.9. The van der Waals surface area contributed by atoms with Gasteiger partial charge in [0.25, 0.3) is 0 Å². The molecule has 0 bridgehead atoms. The van der Waals surface area contributed by atoms with Gasteiger partial charge in [0, 0.05) is 13.1 Å². The number of anilines is 1. The molecule has 2 unspecified atom stereocenters. The molecule has 0 aliphatic rings. The summed E-state index contributed by atoms with van der Waals surface area (Å²) in [7, 11) is 1.75. The van der Waals surface area contributed by atoms with E-state index in [-0.39, 0.29) is 11.9 Å². The zero-order valence-corrected chi connectivity index (χ0v) is 10.3. The Morgan fingerprint density at radius 3 is 2.59 bits per heavy atom. The Balaban J connectivity index is 2.96. The van der Waals surface area contributed by atoms with Crippen LogP contribution in [0.5, 0.6) is 0 Å². The average Bonchev–Trinajstić information content (AvgIpc) is 2.28. The van der Waals surface area contributed by atoms with E-state index in [9.17, 15) is 9.50 Å². The van der Waals surface area contributed by atoms with E-state index in [2.05, 4.69) is 6.07 Å². The molecule has 0 spiro atoms. The molecule has 4 heteroatoms. The van der Waals surface area contributed by atoms with Crippen LogP contribution in [0.3, 0.4) is 0 Å². The monoisotopic (exact) mass is 236 g/mol. The molecule has 3 nitrogen and oxygen atoms in total. The van der Waals surface area contributed by atoms with Crippen molar-refractivity contribution in [1.29, 1.82) is 5.26 Å². The summed E-state index contributed by atoms with van der Waals surface area (Å²) in [4.78, 5) is 1.73. The molecule has 1 N–H and O–H groups in total. The van der Waals surface area contributed by atoms with E-state index in [4.69, 9.17) is 5.26 Å². The molecule has 0 saturated heterocycles. The molecule has 2 atom stereocenters. The van der Waals surface area contributed by atoms with E-state index in [0.717, 1.165) is 0 Å². The minimum atomic E-state index is -0.680. The van der Waals surface area contributed by atoms with Crippen molar-refractivity contribution < 1.29 is 9.50 Å². The summed E-state index contributed by atoms with van der Waals surface area (Å²) >= 11 is 0. The topological polar surface area (TPSA) is 47.3 Å². The van der Waals surface area contributed by atoms with Crippen LogP contribution in [-0.4, -0.2) is 18.2 Å². The molecular weight excluding hydrogens is 219 g/mol. The van der Waals surface area contributed by atoms with Crippen LogP contribution >= 0.6 is 0 Å². The Labute approximate surface area is 101 Å². The summed E-state index contributed by atoms with van der Waals surface area (Å²) in [6.07, 6.45) is -0.339. The van der Waals surface area contributed by atoms with Gasteiger partial charge in [0.2, 0.25) is 0 Å². The van der Waals surface area contributed by atoms with Gasteiger partial charge < -0.3 is 10.0 Å². The van der Waals surface area contributed by atoms with Gasteiger partial charge >= 0.3 is 0 Å². The van der Waals surface area contributed by atoms with Crippen LogP contribution in [0.1, 0.15) is 31.9 Å². The predicted molar refractivity (Wildman–Crippen MR) is 65.1 cm³/mol. The van der Waals surface area contributed by atoms with Crippen LogP contribution in [0.4, 0.5) is 10.1 Å². The molecule has 0 aliphatic carbocycles. The van der Waals surface area contributed by atoms with Crippen molar-refractivity contribution in [2.24, 2.45) is 0 Å². The third kappa shape index (κ3) is 3.18. The quantitative estimate of drug-likeness (QED) is 0.874. The third-order valence-electron chi connectivity index (χ3n) is 2.88. The fourth-order valence-electron chi connectivity index (χ4n) is 1.58. The van der Waals surface area contributed by atoms with Crippen molar-refractivity contribution >= 4 is 5.69 Å². The number of benzene rings is 1. The Hall–Kier alpha value is -1.60. The van der Waals surface area contributed by atoms with Crippen molar-refractivity contribution in [1.82, 2.24) is 0 Å². The van der Waals surface area contributed by atoms with Crippen molar-refractivity contribution in [3.8, 4) is 6.07 Å². The number of nitrogens with zero attached hydrogens (tertiary/aromatic N) is 2. The first-order valence-corrected chi connectivity index (χ1v) is 5.54. The molecule has 1 aromatic carbocycles. The molecule has 17 heavy (non-hydrogen) atoms. The van der Waals surface area contributed by atoms with Gasteiger partial charge in [-0.25, -0.2) is 4.39 Å². The van der Waals surface area contributed by atoms with Crippen LogP contribution in [0.2, 0.25) is 0 Å².